The van der Waals surface area contributed by atoms with E-state index in [1.165, 1.54) is 4.31 Å². The zero-order chi connectivity index (χ0) is 17.2. The van der Waals surface area contributed by atoms with Gasteiger partial charge in [0.15, 0.2) is 0 Å². The smallest absolute Gasteiger partial charge is 0.243 e. The Morgan fingerprint density at radius 3 is 2.54 bits per heavy atom. The molecule has 0 radical (unpaired) electrons. The molecule has 5 nitrogen and oxygen atoms in total. The predicted octanol–water partition coefficient (Wildman–Crippen LogP) is 2.78. The quantitative estimate of drug-likeness (QED) is 0.907. The van der Waals surface area contributed by atoms with Crippen LogP contribution in [-0.2, 0) is 27.8 Å². The van der Waals surface area contributed by atoms with E-state index in [2.05, 4.69) is 5.32 Å². The fourth-order valence-corrected chi connectivity index (χ4v) is 4.31. The van der Waals surface area contributed by atoms with Crippen molar-refractivity contribution in [3.8, 4) is 0 Å². The van der Waals surface area contributed by atoms with Crippen molar-refractivity contribution in [2.24, 2.45) is 0 Å². The van der Waals surface area contributed by atoms with Gasteiger partial charge in [0.25, 0.3) is 0 Å². The molecule has 24 heavy (non-hydrogen) atoms. The first-order valence-corrected chi connectivity index (χ1v) is 9.41. The van der Waals surface area contributed by atoms with Crippen LogP contribution < -0.4 is 5.32 Å². The average Bonchev–Trinajstić information content (AvgIpc) is 2.59. The van der Waals surface area contributed by atoms with E-state index in [1.54, 1.807) is 18.2 Å². The molecule has 126 valence electrons. The molecule has 6 heteroatoms. The maximum atomic E-state index is 13.0. The molecular weight excluding hydrogens is 324 g/mol. The molecule has 0 saturated heterocycles. The van der Waals surface area contributed by atoms with Crippen LogP contribution in [0, 0.1) is 0 Å². The number of amides is 1. The molecule has 0 bridgehead atoms. The van der Waals surface area contributed by atoms with E-state index in [1.807, 2.05) is 37.3 Å². The van der Waals surface area contributed by atoms with Gasteiger partial charge in [-0.05, 0) is 35.7 Å². The van der Waals surface area contributed by atoms with E-state index in [4.69, 9.17) is 0 Å². The SMILES string of the molecule is CCN(Cc1ccccc1)S(=O)(=O)c1ccc2c(c1)CCC(=O)N2. The lowest BCUT2D eigenvalue weighted by Crippen LogP contribution is -2.30. The van der Waals surface area contributed by atoms with Crippen LogP contribution in [0.3, 0.4) is 0 Å². The first-order chi connectivity index (χ1) is 11.5. The Morgan fingerprint density at radius 1 is 1.08 bits per heavy atom. The number of carbonyl (C=O) groups is 1. The summed E-state index contributed by atoms with van der Waals surface area (Å²) < 4.78 is 27.4. The van der Waals surface area contributed by atoms with E-state index in [0.29, 0.717) is 31.6 Å². The summed E-state index contributed by atoms with van der Waals surface area (Å²) in [6.07, 6.45) is 0.952. The molecule has 0 atom stereocenters. The number of hydrogen-bond acceptors (Lipinski definition) is 3. The topological polar surface area (TPSA) is 66.5 Å². The number of sulfonamides is 1. The molecule has 3 rings (SSSR count). The normalized spacial score (nSPS) is 14.3. The summed E-state index contributed by atoms with van der Waals surface area (Å²) in [6.45, 7) is 2.57. The molecule has 0 fully saturated rings. The molecule has 1 aliphatic rings. The maximum Gasteiger partial charge on any atom is 0.243 e. The molecule has 0 spiro atoms. The van der Waals surface area contributed by atoms with E-state index < -0.39 is 10.0 Å². The molecule has 2 aromatic rings. The van der Waals surface area contributed by atoms with Gasteiger partial charge in [0.2, 0.25) is 15.9 Å². The van der Waals surface area contributed by atoms with Gasteiger partial charge in [-0.1, -0.05) is 37.3 Å². The Balaban J connectivity index is 1.90. The van der Waals surface area contributed by atoms with Crippen molar-refractivity contribution in [3.05, 3.63) is 59.7 Å². The molecule has 1 N–H and O–H groups in total. The van der Waals surface area contributed by atoms with E-state index in [9.17, 15) is 13.2 Å². The highest BCUT2D eigenvalue weighted by atomic mass is 32.2. The summed E-state index contributed by atoms with van der Waals surface area (Å²) in [7, 11) is -3.58. The van der Waals surface area contributed by atoms with Crippen molar-refractivity contribution in [2.75, 3.05) is 11.9 Å². The van der Waals surface area contributed by atoms with Gasteiger partial charge in [-0.25, -0.2) is 8.42 Å². The number of rotatable bonds is 5. The van der Waals surface area contributed by atoms with Crippen molar-refractivity contribution in [1.82, 2.24) is 4.31 Å². The highest BCUT2D eigenvalue weighted by molar-refractivity contribution is 7.89. The molecule has 0 unspecified atom stereocenters. The fourth-order valence-electron chi connectivity index (χ4n) is 2.82. The van der Waals surface area contributed by atoms with Crippen molar-refractivity contribution >= 4 is 21.6 Å². The largest absolute Gasteiger partial charge is 0.326 e. The molecule has 0 aliphatic carbocycles. The van der Waals surface area contributed by atoms with Gasteiger partial charge in [-0.15, -0.1) is 0 Å². The number of aryl methyl sites for hydroxylation is 1. The molecule has 1 heterocycles. The zero-order valence-corrected chi connectivity index (χ0v) is 14.3. The number of benzene rings is 2. The summed E-state index contributed by atoms with van der Waals surface area (Å²) >= 11 is 0. The number of carbonyl (C=O) groups excluding carboxylic acids is 1. The number of hydrogen-bond donors (Lipinski definition) is 1. The van der Waals surface area contributed by atoms with Crippen LogP contribution in [0.4, 0.5) is 5.69 Å². The first-order valence-electron chi connectivity index (χ1n) is 7.97. The van der Waals surface area contributed by atoms with E-state index in [0.717, 1.165) is 11.1 Å². The highest BCUT2D eigenvalue weighted by Crippen LogP contribution is 2.27. The summed E-state index contributed by atoms with van der Waals surface area (Å²) in [5.74, 6) is -0.0302. The summed E-state index contributed by atoms with van der Waals surface area (Å²) in [5.41, 5.74) is 2.52. The van der Waals surface area contributed by atoms with Crippen LogP contribution in [0.15, 0.2) is 53.4 Å². The minimum absolute atomic E-state index is 0.0302. The van der Waals surface area contributed by atoms with Crippen LogP contribution >= 0.6 is 0 Å². The van der Waals surface area contributed by atoms with Gasteiger partial charge >= 0.3 is 0 Å². The second kappa shape index (κ2) is 6.75. The van der Waals surface area contributed by atoms with Crippen LogP contribution in [0.2, 0.25) is 0 Å². The lowest BCUT2D eigenvalue weighted by Gasteiger charge is -2.22. The second-order valence-corrected chi connectivity index (χ2v) is 7.72. The Kier molecular flexibility index (Phi) is 4.69. The first kappa shape index (κ1) is 16.7. The predicted molar refractivity (Wildman–Crippen MR) is 93.1 cm³/mol. The molecule has 2 aromatic carbocycles. The van der Waals surface area contributed by atoms with Crippen LogP contribution in [0.25, 0.3) is 0 Å². The Bertz CT molecular complexity index is 848. The monoisotopic (exact) mass is 344 g/mol. The minimum Gasteiger partial charge on any atom is -0.326 e. The third kappa shape index (κ3) is 3.34. The molecule has 0 aromatic heterocycles. The number of nitrogens with one attached hydrogen (secondary N) is 1. The summed E-state index contributed by atoms with van der Waals surface area (Å²) in [4.78, 5) is 11.7. The molecule has 0 saturated carbocycles. The molecule has 1 aliphatic heterocycles. The van der Waals surface area contributed by atoms with Crippen molar-refractivity contribution in [3.63, 3.8) is 0 Å². The van der Waals surface area contributed by atoms with Crippen molar-refractivity contribution in [1.29, 1.82) is 0 Å². The van der Waals surface area contributed by atoms with Gasteiger partial charge in [0.05, 0.1) is 4.90 Å². The van der Waals surface area contributed by atoms with Gasteiger partial charge < -0.3 is 5.32 Å². The zero-order valence-electron chi connectivity index (χ0n) is 13.5. The minimum atomic E-state index is -3.58. The van der Waals surface area contributed by atoms with Gasteiger partial charge in [-0.3, -0.25) is 4.79 Å². The second-order valence-electron chi connectivity index (χ2n) is 5.78. The van der Waals surface area contributed by atoms with Crippen LogP contribution in [0.5, 0.6) is 0 Å². The molecule has 1 amide bonds. The number of fused-ring (bicyclic) bond motifs is 1. The average molecular weight is 344 g/mol. The third-order valence-electron chi connectivity index (χ3n) is 4.16. The van der Waals surface area contributed by atoms with Gasteiger partial charge in [0.1, 0.15) is 0 Å². The Labute approximate surface area is 142 Å². The third-order valence-corrected chi connectivity index (χ3v) is 6.08. The summed E-state index contributed by atoms with van der Waals surface area (Å²) in [6, 6.07) is 14.5. The van der Waals surface area contributed by atoms with Crippen molar-refractivity contribution < 1.29 is 13.2 Å². The van der Waals surface area contributed by atoms with Gasteiger partial charge in [0, 0.05) is 25.2 Å². The molecular formula is C18H20N2O3S. The lowest BCUT2D eigenvalue weighted by atomic mass is 10.0. The van der Waals surface area contributed by atoms with Crippen LogP contribution in [0.1, 0.15) is 24.5 Å². The van der Waals surface area contributed by atoms with Gasteiger partial charge in [-0.2, -0.15) is 4.31 Å². The summed E-state index contributed by atoms with van der Waals surface area (Å²) in [5, 5.41) is 2.77. The maximum absolute atomic E-state index is 13.0. The Hall–Kier alpha value is -2.18. The number of anilines is 1. The van der Waals surface area contributed by atoms with E-state index in [-0.39, 0.29) is 10.8 Å². The Morgan fingerprint density at radius 2 is 1.83 bits per heavy atom. The van der Waals surface area contributed by atoms with Crippen molar-refractivity contribution in [2.45, 2.75) is 31.2 Å². The number of nitrogens with zero attached hydrogens (tertiary/aromatic N) is 1. The standard InChI is InChI=1S/C18H20N2O3S/c1-2-20(13-14-6-4-3-5-7-14)24(22,23)16-9-10-17-15(12-16)8-11-18(21)19-17/h3-7,9-10,12H,2,8,11,13H2,1H3,(H,19,21). The highest BCUT2D eigenvalue weighted by Gasteiger charge is 2.25. The fraction of sp³-hybridized carbons (Fsp3) is 0.278. The van der Waals surface area contributed by atoms with E-state index >= 15 is 0 Å². The van der Waals surface area contributed by atoms with Crippen LogP contribution in [-0.4, -0.2) is 25.2 Å². The lowest BCUT2D eigenvalue weighted by molar-refractivity contribution is -0.116.